The summed E-state index contributed by atoms with van der Waals surface area (Å²) in [7, 11) is 0. The molecule has 0 heterocycles. The van der Waals surface area contributed by atoms with Gasteiger partial charge in [0.05, 0.1) is 0 Å². The van der Waals surface area contributed by atoms with Gasteiger partial charge in [-0.15, -0.1) is 0 Å². The third kappa shape index (κ3) is 6.83. The monoisotopic (exact) mass is 228 g/mol. The van der Waals surface area contributed by atoms with Crippen LogP contribution in [0, 0.1) is 5.41 Å². The number of amides is 1. The average molecular weight is 228 g/mol. The highest BCUT2D eigenvalue weighted by atomic mass is 16.1. The summed E-state index contributed by atoms with van der Waals surface area (Å²) < 4.78 is 0. The highest BCUT2D eigenvalue weighted by Crippen LogP contribution is 2.18. The molecule has 0 saturated heterocycles. The Morgan fingerprint density at radius 2 is 1.81 bits per heavy atom. The van der Waals surface area contributed by atoms with Crippen LogP contribution >= 0.6 is 0 Å². The Morgan fingerprint density at radius 3 is 2.25 bits per heavy atom. The fraction of sp³-hybridized carbons (Fsp3) is 0.923. The van der Waals surface area contributed by atoms with Crippen molar-refractivity contribution in [3.8, 4) is 0 Å². The topological polar surface area (TPSA) is 41.1 Å². The van der Waals surface area contributed by atoms with Gasteiger partial charge in [-0.05, 0) is 25.7 Å². The van der Waals surface area contributed by atoms with Crippen LogP contribution in [0.5, 0.6) is 0 Å². The van der Waals surface area contributed by atoms with Crippen LogP contribution in [0.4, 0.5) is 0 Å². The second-order valence-corrected chi connectivity index (χ2v) is 5.67. The summed E-state index contributed by atoms with van der Waals surface area (Å²) in [6.07, 6.45) is 1.54. The number of nitrogens with one attached hydrogen (secondary N) is 2. The van der Waals surface area contributed by atoms with Crippen molar-refractivity contribution >= 4 is 5.91 Å². The van der Waals surface area contributed by atoms with Gasteiger partial charge in [0.2, 0.25) is 5.91 Å². The maximum atomic E-state index is 11.5. The summed E-state index contributed by atoms with van der Waals surface area (Å²) in [6, 6.07) is 0.705. The lowest BCUT2D eigenvalue weighted by Gasteiger charge is -2.28. The van der Waals surface area contributed by atoms with Crippen LogP contribution in [0.1, 0.15) is 54.4 Å². The molecule has 0 aromatic rings. The molecule has 0 rings (SSSR count). The molecule has 3 heteroatoms. The van der Waals surface area contributed by atoms with Gasteiger partial charge in [-0.2, -0.15) is 0 Å². The molecule has 0 radical (unpaired) electrons. The van der Waals surface area contributed by atoms with Gasteiger partial charge in [-0.1, -0.05) is 27.7 Å². The molecule has 0 spiro atoms. The zero-order chi connectivity index (χ0) is 12.8. The number of rotatable bonds is 6. The van der Waals surface area contributed by atoms with Gasteiger partial charge in [-0.25, -0.2) is 0 Å². The number of hydrogen-bond donors (Lipinski definition) is 2. The summed E-state index contributed by atoms with van der Waals surface area (Å²) in [4.78, 5) is 11.5. The van der Waals surface area contributed by atoms with Gasteiger partial charge in [0.15, 0.2) is 0 Å². The fourth-order valence-electron chi connectivity index (χ4n) is 1.16. The molecule has 0 aliphatic heterocycles. The van der Waals surface area contributed by atoms with E-state index in [9.17, 15) is 4.79 Å². The highest BCUT2D eigenvalue weighted by molar-refractivity contribution is 5.76. The Hall–Kier alpha value is -0.570. The average Bonchev–Trinajstić information content (AvgIpc) is 2.15. The van der Waals surface area contributed by atoms with E-state index in [1.54, 1.807) is 0 Å². The van der Waals surface area contributed by atoms with Crippen LogP contribution in [0.15, 0.2) is 0 Å². The number of hydrogen-bond acceptors (Lipinski definition) is 2. The first-order valence-corrected chi connectivity index (χ1v) is 6.30. The van der Waals surface area contributed by atoms with E-state index in [0.29, 0.717) is 12.5 Å². The third-order valence-corrected chi connectivity index (χ3v) is 3.12. The highest BCUT2D eigenvalue weighted by Gasteiger charge is 2.19. The van der Waals surface area contributed by atoms with Crippen LogP contribution in [-0.2, 0) is 4.79 Å². The smallest absolute Gasteiger partial charge is 0.221 e. The SMILES string of the molecule is CC[C@H](C)NC(=O)CCN[C@@H](C)C(C)(C)C. The molecule has 0 unspecified atom stereocenters. The van der Waals surface area contributed by atoms with E-state index in [0.717, 1.165) is 13.0 Å². The van der Waals surface area contributed by atoms with Gasteiger partial charge < -0.3 is 10.6 Å². The molecule has 96 valence electrons. The van der Waals surface area contributed by atoms with E-state index in [4.69, 9.17) is 0 Å². The van der Waals surface area contributed by atoms with Gasteiger partial charge in [0.25, 0.3) is 0 Å². The molecule has 0 aliphatic carbocycles. The van der Waals surface area contributed by atoms with E-state index in [-0.39, 0.29) is 17.4 Å². The second-order valence-electron chi connectivity index (χ2n) is 5.67. The minimum Gasteiger partial charge on any atom is -0.354 e. The predicted molar refractivity (Wildman–Crippen MR) is 69.4 cm³/mol. The molecule has 2 atom stereocenters. The first-order valence-electron chi connectivity index (χ1n) is 6.30. The summed E-state index contributed by atoms with van der Waals surface area (Å²) in [6.45, 7) is 13.6. The van der Waals surface area contributed by atoms with E-state index in [1.807, 2.05) is 6.92 Å². The van der Waals surface area contributed by atoms with E-state index >= 15 is 0 Å². The first kappa shape index (κ1) is 15.4. The van der Waals surface area contributed by atoms with E-state index < -0.39 is 0 Å². The quantitative estimate of drug-likeness (QED) is 0.732. The summed E-state index contributed by atoms with van der Waals surface area (Å²) >= 11 is 0. The lowest BCUT2D eigenvalue weighted by atomic mass is 9.88. The minimum absolute atomic E-state index is 0.142. The summed E-state index contributed by atoms with van der Waals surface area (Å²) in [5.74, 6) is 0.142. The maximum absolute atomic E-state index is 11.5. The summed E-state index contributed by atoms with van der Waals surface area (Å²) in [5.41, 5.74) is 0.243. The van der Waals surface area contributed by atoms with Crippen molar-refractivity contribution in [1.82, 2.24) is 10.6 Å². The van der Waals surface area contributed by atoms with E-state index in [2.05, 4.69) is 45.3 Å². The molecule has 16 heavy (non-hydrogen) atoms. The Labute approximate surface area is 100 Å². The van der Waals surface area contributed by atoms with Gasteiger partial charge >= 0.3 is 0 Å². The van der Waals surface area contributed by atoms with Crippen molar-refractivity contribution in [2.75, 3.05) is 6.54 Å². The standard InChI is InChI=1S/C13H28N2O/c1-7-10(2)15-12(16)8-9-14-11(3)13(4,5)6/h10-11,14H,7-9H2,1-6H3,(H,15,16)/t10-,11-/m0/s1. The Bertz CT molecular complexity index is 208. The molecule has 1 amide bonds. The van der Waals surface area contributed by atoms with Crippen molar-refractivity contribution in [3.05, 3.63) is 0 Å². The summed E-state index contributed by atoms with van der Waals surface area (Å²) in [5, 5.41) is 6.35. The van der Waals surface area contributed by atoms with Crippen molar-refractivity contribution < 1.29 is 4.79 Å². The molecule has 2 N–H and O–H groups in total. The molecule has 0 bridgehead atoms. The van der Waals surface area contributed by atoms with Crippen molar-refractivity contribution in [2.24, 2.45) is 5.41 Å². The molecule has 0 aromatic carbocycles. The van der Waals surface area contributed by atoms with Crippen LogP contribution in [0.25, 0.3) is 0 Å². The van der Waals surface area contributed by atoms with Gasteiger partial charge in [0, 0.05) is 25.0 Å². The predicted octanol–water partition coefficient (Wildman–Crippen LogP) is 2.32. The Kier molecular flexibility index (Phi) is 6.65. The van der Waals surface area contributed by atoms with Crippen molar-refractivity contribution in [1.29, 1.82) is 0 Å². The third-order valence-electron chi connectivity index (χ3n) is 3.12. The van der Waals surface area contributed by atoms with E-state index in [1.165, 1.54) is 0 Å². The molecule has 0 aromatic heterocycles. The van der Waals surface area contributed by atoms with Crippen molar-refractivity contribution in [2.45, 2.75) is 66.5 Å². The fourth-order valence-corrected chi connectivity index (χ4v) is 1.16. The molecular formula is C13H28N2O. The minimum atomic E-state index is 0.142. The van der Waals surface area contributed by atoms with Crippen molar-refractivity contribution in [3.63, 3.8) is 0 Å². The zero-order valence-corrected chi connectivity index (χ0v) is 11.7. The molecule has 0 aliphatic rings. The number of carbonyl (C=O) groups excluding carboxylic acids is 1. The zero-order valence-electron chi connectivity index (χ0n) is 11.7. The maximum Gasteiger partial charge on any atom is 0.221 e. The first-order chi connectivity index (χ1) is 7.27. The molecule has 3 nitrogen and oxygen atoms in total. The van der Waals surface area contributed by atoms with Crippen LogP contribution in [0.3, 0.4) is 0 Å². The second kappa shape index (κ2) is 6.89. The lowest BCUT2D eigenvalue weighted by molar-refractivity contribution is -0.121. The Morgan fingerprint density at radius 1 is 1.25 bits per heavy atom. The van der Waals surface area contributed by atoms with Gasteiger partial charge in [0.1, 0.15) is 0 Å². The normalized spacial score (nSPS) is 15.6. The molecule has 0 fully saturated rings. The van der Waals surface area contributed by atoms with Crippen LogP contribution < -0.4 is 10.6 Å². The largest absolute Gasteiger partial charge is 0.354 e. The number of carbonyl (C=O) groups is 1. The van der Waals surface area contributed by atoms with Crippen LogP contribution in [-0.4, -0.2) is 24.5 Å². The van der Waals surface area contributed by atoms with Crippen LogP contribution in [0.2, 0.25) is 0 Å². The molecule has 0 saturated carbocycles. The lowest BCUT2D eigenvalue weighted by Crippen LogP contribution is -2.40. The Balaban J connectivity index is 3.70. The van der Waals surface area contributed by atoms with Gasteiger partial charge in [-0.3, -0.25) is 4.79 Å². The molecular weight excluding hydrogens is 200 g/mol.